The number of ether oxygens (including phenoxy) is 1. The first-order valence-electron chi connectivity index (χ1n) is 15.8. The predicted octanol–water partition coefficient (Wildman–Crippen LogP) is 2.17. The number of hydrogen-bond acceptors (Lipinski definition) is 7. The van der Waals surface area contributed by atoms with Gasteiger partial charge in [-0.2, -0.15) is 5.10 Å². The lowest BCUT2D eigenvalue weighted by Crippen LogP contribution is -2.53. The van der Waals surface area contributed by atoms with Crippen molar-refractivity contribution in [2.45, 2.75) is 50.4 Å². The number of amides is 2. The van der Waals surface area contributed by atoms with E-state index in [1.54, 1.807) is 29.2 Å². The zero-order chi connectivity index (χ0) is 30.2. The first-order chi connectivity index (χ1) is 21.4. The van der Waals surface area contributed by atoms with E-state index < -0.39 is 5.82 Å². The van der Waals surface area contributed by atoms with Crippen molar-refractivity contribution < 1.29 is 18.7 Å². The van der Waals surface area contributed by atoms with Gasteiger partial charge in [0.05, 0.1) is 35.4 Å². The molecule has 4 aliphatic rings. The third-order valence-corrected chi connectivity index (χ3v) is 9.89. The molecule has 232 valence electrons. The molecule has 4 heterocycles. The van der Waals surface area contributed by atoms with Gasteiger partial charge < -0.3 is 19.9 Å². The number of aromatic nitrogens is 2. The normalized spacial score (nSPS) is 24.3. The molecule has 11 heteroatoms. The second kappa shape index (κ2) is 12.4. The Morgan fingerprint density at radius 2 is 1.70 bits per heavy atom. The van der Waals surface area contributed by atoms with Gasteiger partial charge in [0, 0.05) is 63.7 Å². The number of halogens is 1. The molecule has 0 unspecified atom stereocenters. The Hall–Kier alpha value is -3.67. The summed E-state index contributed by atoms with van der Waals surface area (Å²) in [7, 11) is 0. The van der Waals surface area contributed by atoms with Crippen molar-refractivity contribution in [3.05, 3.63) is 75.5 Å². The molecule has 44 heavy (non-hydrogen) atoms. The first kappa shape index (κ1) is 29.1. The van der Waals surface area contributed by atoms with Gasteiger partial charge in [0.1, 0.15) is 5.82 Å². The fourth-order valence-electron chi connectivity index (χ4n) is 7.37. The molecule has 2 bridgehead atoms. The molecule has 1 aromatic heterocycles. The number of nitrogens with zero attached hydrogens (tertiary/aromatic N) is 4. The van der Waals surface area contributed by atoms with Crippen molar-refractivity contribution in [1.29, 1.82) is 0 Å². The van der Waals surface area contributed by atoms with E-state index >= 15 is 0 Å². The van der Waals surface area contributed by atoms with Gasteiger partial charge in [-0.15, -0.1) is 0 Å². The predicted molar refractivity (Wildman–Crippen MR) is 163 cm³/mol. The van der Waals surface area contributed by atoms with Crippen molar-refractivity contribution in [3.8, 4) is 0 Å². The average molecular weight is 603 g/mol. The average Bonchev–Trinajstić information content (AvgIpc) is 3.68. The van der Waals surface area contributed by atoms with Crippen LogP contribution in [0.1, 0.15) is 47.3 Å². The van der Waals surface area contributed by atoms with Gasteiger partial charge in [0.15, 0.2) is 0 Å². The van der Waals surface area contributed by atoms with Crippen molar-refractivity contribution in [1.82, 2.24) is 30.2 Å². The minimum atomic E-state index is -0.582. The molecule has 3 saturated heterocycles. The largest absolute Gasteiger partial charge is 0.374 e. The van der Waals surface area contributed by atoms with E-state index in [0.29, 0.717) is 68.3 Å². The lowest BCUT2D eigenvalue weighted by Gasteiger charge is -2.38. The molecule has 2 aromatic carbocycles. The van der Waals surface area contributed by atoms with Crippen molar-refractivity contribution >= 4 is 22.6 Å². The smallest absolute Gasteiger partial charge is 0.272 e. The minimum Gasteiger partial charge on any atom is -0.374 e. The summed E-state index contributed by atoms with van der Waals surface area (Å²) in [5.74, 6) is -0.236. The summed E-state index contributed by atoms with van der Waals surface area (Å²) in [6, 6.07) is 12.3. The van der Waals surface area contributed by atoms with Crippen LogP contribution in [-0.4, -0.2) is 107 Å². The number of benzene rings is 2. The molecule has 3 aliphatic heterocycles. The van der Waals surface area contributed by atoms with Crippen LogP contribution in [0.4, 0.5) is 4.39 Å². The molecule has 1 aliphatic carbocycles. The third kappa shape index (κ3) is 6.00. The molecular weight excluding hydrogens is 563 g/mol. The molecule has 4 fully saturated rings. The van der Waals surface area contributed by atoms with Gasteiger partial charge in [-0.1, -0.05) is 24.3 Å². The third-order valence-electron chi connectivity index (χ3n) is 9.89. The maximum absolute atomic E-state index is 14.9. The minimum absolute atomic E-state index is 0.00259. The monoisotopic (exact) mass is 602 g/mol. The summed E-state index contributed by atoms with van der Waals surface area (Å²) in [6.45, 7) is 4.73. The Bertz CT molecular complexity index is 1600. The molecule has 10 nitrogen and oxygen atoms in total. The van der Waals surface area contributed by atoms with Crippen molar-refractivity contribution in [2.75, 3.05) is 52.4 Å². The summed E-state index contributed by atoms with van der Waals surface area (Å²) in [6.07, 6.45) is 5.29. The van der Waals surface area contributed by atoms with Crippen LogP contribution >= 0.6 is 0 Å². The van der Waals surface area contributed by atoms with Crippen LogP contribution < -0.4 is 10.9 Å². The van der Waals surface area contributed by atoms with Crippen LogP contribution in [0.5, 0.6) is 0 Å². The molecule has 2 amide bonds. The van der Waals surface area contributed by atoms with Crippen LogP contribution in [0.15, 0.2) is 47.3 Å². The maximum Gasteiger partial charge on any atom is 0.272 e. The molecule has 2 N–H and O–H groups in total. The highest BCUT2D eigenvalue weighted by molar-refractivity contribution is 5.95. The second-order valence-corrected chi connectivity index (χ2v) is 12.7. The Balaban J connectivity index is 0.905. The summed E-state index contributed by atoms with van der Waals surface area (Å²) in [5.41, 5.74) is 1.10. The number of carbonyl (C=O) groups excluding carboxylic acids is 2. The number of piperazine rings is 1. The van der Waals surface area contributed by atoms with Gasteiger partial charge in [-0.05, 0) is 55.4 Å². The molecular formula is C33H39FN6O4. The standard InChI is InChI=1S/C33H39FN6O4/c34-28-6-5-21(16-29-25-3-1-2-4-26(25)32(42)37-36-29)15-27(28)33(43)40-13-11-39(12-14-40)31(41)20-38-9-7-24(8-10-38)44-30-18-23-17-22(30)19-35-23/h1-6,15,22-24,30,35H,7-14,16-20H2,(H,37,42)/t22-,23-,30-/m0/s1. The van der Waals surface area contributed by atoms with Crippen LogP contribution in [0, 0.1) is 11.7 Å². The lowest BCUT2D eigenvalue weighted by molar-refractivity contribution is -0.135. The fourth-order valence-corrected chi connectivity index (χ4v) is 7.37. The van der Waals surface area contributed by atoms with Crippen molar-refractivity contribution in [2.24, 2.45) is 5.92 Å². The van der Waals surface area contributed by atoms with E-state index in [2.05, 4.69) is 20.4 Å². The SMILES string of the molecule is O=C(CN1CCC(O[C@H]2C[C@@H]3C[C@H]2CN3)CC1)N1CCN(C(=O)c2cc(Cc3n[nH]c(=O)c4ccccc34)ccc2F)CC1. The Morgan fingerprint density at radius 1 is 0.955 bits per heavy atom. The van der Waals surface area contributed by atoms with E-state index in [-0.39, 0.29) is 29.0 Å². The first-order valence-corrected chi connectivity index (χ1v) is 15.8. The second-order valence-electron chi connectivity index (χ2n) is 12.7. The van der Waals surface area contributed by atoms with E-state index in [9.17, 15) is 18.8 Å². The number of carbonyl (C=O) groups is 2. The topological polar surface area (TPSA) is 111 Å². The summed E-state index contributed by atoms with van der Waals surface area (Å²) in [4.78, 5) is 44.3. The highest BCUT2D eigenvalue weighted by Crippen LogP contribution is 2.35. The van der Waals surface area contributed by atoms with Crippen LogP contribution in [0.25, 0.3) is 10.8 Å². The molecule has 1 saturated carbocycles. The number of fused-ring (bicyclic) bond motifs is 3. The summed E-state index contributed by atoms with van der Waals surface area (Å²) < 4.78 is 21.3. The molecule has 0 radical (unpaired) electrons. The van der Waals surface area contributed by atoms with E-state index in [1.807, 2.05) is 17.0 Å². The number of rotatable bonds is 7. The molecule has 7 rings (SSSR count). The number of nitrogens with one attached hydrogen (secondary N) is 2. The highest BCUT2D eigenvalue weighted by atomic mass is 19.1. The van der Waals surface area contributed by atoms with Gasteiger partial charge >= 0.3 is 0 Å². The number of aromatic amines is 1. The van der Waals surface area contributed by atoms with Crippen LogP contribution in [0.3, 0.4) is 0 Å². The van der Waals surface area contributed by atoms with Gasteiger partial charge in [-0.25, -0.2) is 9.49 Å². The van der Waals surface area contributed by atoms with Crippen LogP contribution in [-0.2, 0) is 16.0 Å². The van der Waals surface area contributed by atoms with Gasteiger partial charge in [-0.3, -0.25) is 19.3 Å². The Kier molecular flexibility index (Phi) is 8.17. The van der Waals surface area contributed by atoms with E-state index in [4.69, 9.17) is 4.74 Å². The summed E-state index contributed by atoms with van der Waals surface area (Å²) in [5, 5.41) is 11.5. The maximum atomic E-state index is 14.9. The Labute approximate surface area is 255 Å². The number of hydrogen-bond donors (Lipinski definition) is 2. The van der Waals surface area contributed by atoms with Crippen molar-refractivity contribution in [3.63, 3.8) is 0 Å². The summed E-state index contributed by atoms with van der Waals surface area (Å²) >= 11 is 0. The fraction of sp³-hybridized carbons (Fsp3) is 0.515. The lowest BCUT2D eigenvalue weighted by atomic mass is 10.0. The van der Waals surface area contributed by atoms with Gasteiger partial charge in [0.25, 0.3) is 11.5 Å². The van der Waals surface area contributed by atoms with Crippen LogP contribution in [0.2, 0.25) is 0 Å². The number of likely N-dealkylation sites (tertiary alicyclic amines) is 1. The molecule has 3 atom stereocenters. The number of H-pyrrole nitrogens is 1. The zero-order valence-electron chi connectivity index (χ0n) is 24.8. The number of piperidine rings is 2. The highest BCUT2D eigenvalue weighted by Gasteiger charge is 2.41. The zero-order valence-corrected chi connectivity index (χ0v) is 24.8. The molecule has 0 spiro atoms. The van der Waals surface area contributed by atoms with E-state index in [0.717, 1.165) is 49.8 Å². The Morgan fingerprint density at radius 3 is 2.43 bits per heavy atom. The quantitative estimate of drug-likeness (QED) is 0.427. The van der Waals surface area contributed by atoms with Gasteiger partial charge in [0.2, 0.25) is 5.91 Å². The van der Waals surface area contributed by atoms with E-state index in [1.165, 1.54) is 12.5 Å². The molecule has 3 aromatic rings.